The standard InChI is InChI=1S/C22H28N2O4/c1-5-16-9-11-17(12-10-16)15-23-24-22(25)18-13-19(26-6-2)21(28-8-4)20(14-18)27-7-3/h9-15H,5-8H2,1-4H3,(H,24,25). The number of ether oxygens (including phenoxy) is 3. The first-order valence-corrected chi connectivity index (χ1v) is 9.61. The molecule has 6 nitrogen and oxygen atoms in total. The topological polar surface area (TPSA) is 69.2 Å². The summed E-state index contributed by atoms with van der Waals surface area (Å²) in [5.74, 6) is 1.09. The second-order valence-corrected chi connectivity index (χ2v) is 5.89. The number of hydrazone groups is 1. The fourth-order valence-corrected chi connectivity index (χ4v) is 2.59. The van der Waals surface area contributed by atoms with E-state index in [-0.39, 0.29) is 5.91 Å². The Morgan fingerprint density at radius 2 is 1.50 bits per heavy atom. The van der Waals surface area contributed by atoms with Gasteiger partial charge in [-0.1, -0.05) is 31.2 Å². The maximum atomic E-state index is 12.5. The Balaban J connectivity index is 2.19. The molecular weight excluding hydrogens is 356 g/mol. The Bertz CT molecular complexity index is 774. The normalized spacial score (nSPS) is 10.7. The van der Waals surface area contributed by atoms with Crippen LogP contribution in [0.3, 0.4) is 0 Å². The highest BCUT2D eigenvalue weighted by atomic mass is 16.5. The van der Waals surface area contributed by atoms with Crippen LogP contribution in [0.1, 0.15) is 49.2 Å². The van der Waals surface area contributed by atoms with Crippen LogP contribution in [0.15, 0.2) is 41.5 Å². The van der Waals surface area contributed by atoms with Gasteiger partial charge in [-0.05, 0) is 50.5 Å². The lowest BCUT2D eigenvalue weighted by Gasteiger charge is -2.16. The number of aryl methyl sites for hydroxylation is 1. The molecule has 0 aliphatic carbocycles. The summed E-state index contributed by atoms with van der Waals surface area (Å²) >= 11 is 0. The molecule has 0 bridgehead atoms. The minimum absolute atomic E-state index is 0.355. The van der Waals surface area contributed by atoms with E-state index in [1.54, 1.807) is 18.3 Å². The highest BCUT2D eigenvalue weighted by Crippen LogP contribution is 2.39. The van der Waals surface area contributed by atoms with Crippen LogP contribution in [-0.4, -0.2) is 31.9 Å². The third kappa shape index (κ3) is 5.74. The molecule has 0 radical (unpaired) electrons. The van der Waals surface area contributed by atoms with Crippen molar-refractivity contribution >= 4 is 12.1 Å². The van der Waals surface area contributed by atoms with E-state index in [0.717, 1.165) is 12.0 Å². The summed E-state index contributed by atoms with van der Waals surface area (Å²) in [5, 5.41) is 4.05. The van der Waals surface area contributed by atoms with Gasteiger partial charge in [0.05, 0.1) is 26.0 Å². The second-order valence-electron chi connectivity index (χ2n) is 5.89. The fraction of sp³-hybridized carbons (Fsp3) is 0.364. The first kappa shape index (κ1) is 21.3. The highest BCUT2D eigenvalue weighted by molar-refractivity contribution is 5.96. The SMILES string of the molecule is CCOc1cc(C(=O)NN=Cc2ccc(CC)cc2)cc(OCC)c1OCC. The van der Waals surface area contributed by atoms with Gasteiger partial charge in [-0.2, -0.15) is 5.10 Å². The van der Waals surface area contributed by atoms with Crippen LogP contribution in [0.2, 0.25) is 0 Å². The van der Waals surface area contributed by atoms with Crippen LogP contribution >= 0.6 is 0 Å². The first-order chi connectivity index (χ1) is 13.6. The third-order valence-electron chi connectivity index (χ3n) is 3.94. The van der Waals surface area contributed by atoms with Gasteiger partial charge in [0.2, 0.25) is 5.75 Å². The Kier molecular flexibility index (Phi) is 8.34. The van der Waals surface area contributed by atoms with Crippen molar-refractivity contribution in [2.45, 2.75) is 34.1 Å². The predicted molar refractivity (Wildman–Crippen MR) is 111 cm³/mol. The average molecular weight is 384 g/mol. The van der Waals surface area contributed by atoms with Crippen LogP contribution in [0.5, 0.6) is 17.2 Å². The van der Waals surface area contributed by atoms with E-state index in [4.69, 9.17) is 14.2 Å². The molecule has 0 saturated heterocycles. The zero-order valence-corrected chi connectivity index (χ0v) is 17.0. The maximum absolute atomic E-state index is 12.5. The average Bonchev–Trinajstić information content (AvgIpc) is 2.71. The van der Waals surface area contributed by atoms with Crippen LogP contribution in [0.4, 0.5) is 0 Å². The van der Waals surface area contributed by atoms with E-state index in [9.17, 15) is 4.79 Å². The summed E-state index contributed by atoms with van der Waals surface area (Å²) in [5.41, 5.74) is 5.09. The van der Waals surface area contributed by atoms with Crippen molar-refractivity contribution in [2.75, 3.05) is 19.8 Å². The molecule has 0 spiro atoms. The van der Waals surface area contributed by atoms with Crippen LogP contribution in [0.25, 0.3) is 0 Å². The number of carbonyl (C=O) groups is 1. The molecule has 0 unspecified atom stereocenters. The molecule has 0 aromatic heterocycles. The van der Waals surface area contributed by atoms with E-state index >= 15 is 0 Å². The van der Waals surface area contributed by atoms with Gasteiger partial charge in [0.1, 0.15) is 0 Å². The monoisotopic (exact) mass is 384 g/mol. The number of nitrogens with one attached hydrogen (secondary N) is 1. The largest absolute Gasteiger partial charge is 0.490 e. The lowest BCUT2D eigenvalue weighted by Crippen LogP contribution is -2.18. The van der Waals surface area contributed by atoms with Crippen molar-refractivity contribution in [1.82, 2.24) is 5.43 Å². The van der Waals surface area contributed by atoms with Crippen molar-refractivity contribution < 1.29 is 19.0 Å². The van der Waals surface area contributed by atoms with Gasteiger partial charge in [-0.25, -0.2) is 5.43 Å². The lowest BCUT2D eigenvalue weighted by molar-refractivity contribution is 0.0954. The van der Waals surface area contributed by atoms with E-state index in [1.165, 1.54) is 5.56 Å². The zero-order valence-electron chi connectivity index (χ0n) is 17.0. The number of amides is 1. The fourth-order valence-electron chi connectivity index (χ4n) is 2.59. The number of hydrogen-bond donors (Lipinski definition) is 1. The van der Waals surface area contributed by atoms with Gasteiger partial charge in [0.25, 0.3) is 5.91 Å². The molecule has 1 amide bonds. The molecule has 0 saturated carbocycles. The van der Waals surface area contributed by atoms with Crippen molar-refractivity contribution in [3.8, 4) is 17.2 Å². The molecule has 2 aromatic rings. The maximum Gasteiger partial charge on any atom is 0.271 e. The molecule has 1 N–H and O–H groups in total. The summed E-state index contributed by atoms with van der Waals surface area (Å²) in [6, 6.07) is 11.3. The lowest BCUT2D eigenvalue weighted by atomic mass is 10.1. The summed E-state index contributed by atoms with van der Waals surface area (Å²) in [6.07, 6.45) is 2.59. The number of nitrogens with zero attached hydrogens (tertiary/aromatic N) is 1. The minimum Gasteiger partial charge on any atom is -0.490 e. The van der Waals surface area contributed by atoms with Crippen molar-refractivity contribution in [2.24, 2.45) is 5.10 Å². The molecule has 28 heavy (non-hydrogen) atoms. The van der Waals surface area contributed by atoms with Gasteiger partial charge in [-0.15, -0.1) is 0 Å². The summed E-state index contributed by atoms with van der Waals surface area (Å²) in [6.45, 7) is 9.09. The summed E-state index contributed by atoms with van der Waals surface area (Å²) < 4.78 is 16.9. The Hall–Kier alpha value is -3.02. The Morgan fingerprint density at radius 3 is 2.00 bits per heavy atom. The first-order valence-electron chi connectivity index (χ1n) is 9.61. The third-order valence-corrected chi connectivity index (χ3v) is 3.94. The van der Waals surface area contributed by atoms with E-state index < -0.39 is 0 Å². The molecule has 0 atom stereocenters. The molecule has 150 valence electrons. The highest BCUT2D eigenvalue weighted by Gasteiger charge is 2.18. The van der Waals surface area contributed by atoms with Gasteiger partial charge in [0, 0.05) is 5.56 Å². The predicted octanol–water partition coefficient (Wildman–Crippen LogP) is 4.21. The van der Waals surface area contributed by atoms with E-state index in [0.29, 0.717) is 42.6 Å². The number of hydrogen-bond acceptors (Lipinski definition) is 5. The smallest absolute Gasteiger partial charge is 0.271 e. The molecule has 2 aromatic carbocycles. The molecule has 2 rings (SSSR count). The minimum atomic E-state index is -0.355. The van der Waals surface area contributed by atoms with Crippen molar-refractivity contribution in [1.29, 1.82) is 0 Å². The molecule has 0 aliphatic rings. The molecule has 6 heteroatoms. The number of rotatable bonds is 10. The second kappa shape index (κ2) is 11.0. The molecule has 0 heterocycles. The summed E-state index contributed by atoms with van der Waals surface area (Å²) in [4.78, 5) is 12.5. The summed E-state index contributed by atoms with van der Waals surface area (Å²) in [7, 11) is 0. The van der Waals surface area contributed by atoms with Gasteiger partial charge < -0.3 is 14.2 Å². The molecule has 0 aliphatic heterocycles. The Labute approximate surface area is 166 Å². The number of benzene rings is 2. The quantitative estimate of drug-likeness (QED) is 0.492. The van der Waals surface area contributed by atoms with Crippen LogP contribution in [-0.2, 0) is 6.42 Å². The van der Waals surface area contributed by atoms with Gasteiger partial charge >= 0.3 is 0 Å². The van der Waals surface area contributed by atoms with Crippen LogP contribution in [0, 0.1) is 0 Å². The molecular formula is C22H28N2O4. The van der Waals surface area contributed by atoms with Gasteiger partial charge in [-0.3, -0.25) is 4.79 Å². The van der Waals surface area contributed by atoms with E-state index in [2.05, 4.69) is 17.5 Å². The van der Waals surface area contributed by atoms with E-state index in [1.807, 2.05) is 45.0 Å². The number of carbonyl (C=O) groups excluding carboxylic acids is 1. The van der Waals surface area contributed by atoms with Crippen LogP contribution < -0.4 is 19.6 Å². The van der Waals surface area contributed by atoms with Gasteiger partial charge in [0.15, 0.2) is 11.5 Å². The zero-order chi connectivity index (χ0) is 20.4. The molecule has 0 fully saturated rings. The van der Waals surface area contributed by atoms with Crippen molar-refractivity contribution in [3.05, 3.63) is 53.1 Å². The van der Waals surface area contributed by atoms with Crippen molar-refractivity contribution in [3.63, 3.8) is 0 Å². The Morgan fingerprint density at radius 1 is 0.929 bits per heavy atom.